The highest BCUT2D eigenvalue weighted by Crippen LogP contribution is 2.12. The first-order valence-electron chi connectivity index (χ1n) is 10.7. The first-order valence-corrected chi connectivity index (χ1v) is 10.7. The highest BCUT2D eigenvalue weighted by molar-refractivity contribution is 4.52. The minimum absolute atomic E-state index is 0.354. The number of unbranched alkanes of at least 4 members (excludes halogenated alkanes) is 15. The Labute approximate surface area is 146 Å². The SMILES string of the molecule is CCCCCCCCCCCCCCCNCCCCCCO. The predicted octanol–water partition coefficient (Wildman–Crippen LogP) is 6.22. The molecule has 140 valence electrons. The Kier molecular flexibility index (Phi) is 21.8. The van der Waals surface area contributed by atoms with Crippen LogP contribution in [0.2, 0.25) is 0 Å². The van der Waals surface area contributed by atoms with E-state index in [9.17, 15) is 0 Å². The average Bonchev–Trinajstić information content (AvgIpc) is 2.57. The normalized spacial score (nSPS) is 11.2. The molecular formula is C21H45NO. The maximum Gasteiger partial charge on any atom is 0.0431 e. The van der Waals surface area contributed by atoms with Crippen molar-refractivity contribution in [3.63, 3.8) is 0 Å². The molecule has 0 aromatic heterocycles. The summed E-state index contributed by atoms with van der Waals surface area (Å²) < 4.78 is 0. The molecule has 0 aliphatic heterocycles. The van der Waals surface area contributed by atoms with Gasteiger partial charge in [0.15, 0.2) is 0 Å². The summed E-state index contributed by atoms with van der Waals surface area (Å²) in [5.41, 5.74) is 0. The van der Waals surface area contributed by atoms with E-state index in [1.165, 1.54) is 109 Å². The molecule has 23 heavy (non-hydrogen) atoms. The third-order valence-corrected chi connectivity index (χ3v) is 4.72. The van der Waals surface area contributed by atoms with Gasteiger partial charge in [0.25, 0.3) is 0 Å². The van der Waals surface area contributed by atoms with Crippen LogP contribution >= 0.6 is 0 Å². The molecule has 0 aliphatic carbocycles. The molecule has 0 bridgehead atoms. The van der Waals surface area contributed by atoms with Crippen LogP contribution in [-0.4, -0.2) is 24.8 Å². The van der Waals surface area contributed by atoms with Gasteiger partial charge >= 0.3 is 0 Å². The van der Waals surface area contributed by atoms with Gasteiger partial charge in [-0.15, -0.1) is 0 Å². The highest BCUT2D eigenvalue weighted by Gasteiger charge is 1.94. The molecule has 0 saturated carbocycles. The van der Waals surface area contributed by atoms with Crippen LogP contribution in [-0.2, 0) is 0 Å². The van der Waals surface area contributed by atoms with Crippen molar-refractivity contribution in [1.29, 1.82) is 0 Å². The molecule has 0 fully saturated rings. The summed E-state index contributed by atoms with van der Waals surface area (Å²) in [6.07, 6.45) is 23.3. The van der Waals surface area contributed by atoms with Gasteiger partial charge in [-0.2, -0.15) is 0 Å². The maximum atomic E-state index is 8.69. The Morgan fingerprint density at radius 2 is 0.826 bits per heavy atom. The van der Waals surface area contributed by atoms with E-state index >= 15 is 0 Å². The number of hydrogen-bond acceptors (Lipinski definition) is 2. The number of nitrogens with one attached hydrogen (secondary N) is 1. The zero-order chi connectivity index (χ0) is 16.8. The Hall–Kier alpha value is -0.0800. The topological polar surface area (TPSA) is 32.3 Å². The molecule has 0 rings (SSSR count). The molecule has 0 saturated heterocycles. The first kappa shape index (κ1) is 22.9. The smallest absolute Gasteiger partial charge is 0.0431 e. The third kappa shape index (κ3) is 21.9. The summed E-state index contributed by atoms with van der Waals surface area (Å²) in [4.78, 5) is 0. The Morgan fingerprint density at radius 1 is 0.478 bits per heavy atom. The average molecular weight is 328 g/mol. The predicted molar refractivity (Wildman–Crippen MR) is 104 cm³/mol. The van der Waals surface area contributed by atoms with Gasteiger partial charge in [0.1, 0.15) is 0 Å². The van der Waals surface area contributed by atoms with Crippen LogP contribution in [0.15, 0.2) is 0 Å². The zero-order valence-electron chi connectivity index (χ0n) is 16.1. The minimum atomic E-state index is 0.354. The van der Waals surface area contributed by atoms with E-state index in [0.717, 1.165) is 13.0 Å². The fourth-order valence-corrected chi connectivity index (χ4v) is 3.11. The van der Waals surface area contributed by atoms with Crippen molar-refractivity contribution in [2.75, 3.05) is 19.7 Å². The van der Waals surface area contributed by atoms with Gasteiger partial charge in [0, 0.05) is 6.61 Å². The van der Waals surface area contributed by atoms with E-state index in [4.69, 9.17) is 5.11 Å². The Bertz CT molecular complexity index is 176. The van der Waals surface area contributed by atoms with E-state index in [0.29, 0.717) is 6.61 Å². The van der Waals surface area contributed by atoms with Crippen molar-refractivity contribution in [2.45, 2.75) is 116 Å². The third-order valence-electron chi connectivity index (χ3n) is 4.72. The van der Waals surface area contributed by atoms with Crippen LogP contribution in [0.5, 0.6) is 0 Å². The van der Waals surface area contributed by atoms with Gasteiger partial charge in [-0.25, -0.2) is 0 Å². The van der Waals surface area contributed by atoms with Gasteiger partial charge in [-0.3, -0.25) is 0 Å². The number of aliphatic hydroxyl groups is 1. The molecule has 0 amide bonds. The second-order valence-electron chi connectivity index (χ2n) is 7.13. The van der Waals surface area contributed by atoms with Gasteiger partial charge in [-0.1, -0.05) is 96.8 Å². The van der Waals surface area contributed by atoms with Crippen molar-refractivity contribution >= 4 is 0 Å². The van der Waals surface area contributed by atoms with Crippen LogP contribution < -0.4 is 5.32 Å². The largest absolute Gasteiger partial charge is 0.396 e. The molecule has 0 aromatic rings. The van der Waals surface area contributed by atoms with Crippen LogP contribution in [0.25, 0.3) is 0 Å². The summed E-state index contributed by atoms with van der Waals surface area (Å²) in [6.45, 7) is 4.99. The summed E-state index contributed by atoms with van der Waals surface area (Å²) in [5, 5.41) is 12.2. The number of hydrogen-bond donors (Lipinski definition) is 2. The van der Waals surface area contributed by atoms with Crippen LogP contribution in [0, 0.1) is 0 Å². The molecule has 2 heteroatoms. The molecular weight excluding hydrogens is 282 g/mol. The van der Waals surface area contributed by atoms with Crippen LogP contribution in [0.4, 0.5) is 0 Å². The number of aliphatic hydroxyl groups excluding tert-OH is 1. The van der Waals surface area contributed by atoms with E-state index in [-0.39, 0.29) is 0 Å². The molecule has 0 atom stereocenters. The van der Waals surface area contributed by atoms with Gasteiger partial charge in [-0.05, 0) is 32.4 Å². The summed E-state index contributed by atoms with van der Waals surface area (Å²) in [7, 11) is 0. The lowest BCUT2D eigenvalue weighted by Crippen LogP contribution is -2.16. The lowest BCUT2D eigenvalue weighted by atomic mass is 10.0. The first-order chi connectivity index (χ1) is 11.4. The maximum absolute atomic E-state index is 8.69. The molecule has 0 aromatic carbocycles. The molecule has 2 nitrogen and oxygen atoms in total. The van der Waals surface area contributed by atoms with Crippen molar-refractivity contribution in [2.24, 2.45) is 0 Å². The lowest BCUT2D eigenvalue weighted by Gasteiger charge is -2.05. The molecule has 0 spiro atoms. The Balaban J connectivity index is 2.92. The standard InChI is InChI=1S/C21H45NO/c1-2-3-4-5-6-7-8-9-10-11-12-13-16-19-22-20-17-14-15-18-21-23/h22-23H,2-21H2,1H3. The van der Waals surface area contributed by atoms with Gasteiger partial charge < -0.3 is 10.4 Å². The number of rotatable bonds is 20. The van der Waals surface area contributed by atoms with E-state index in [1.807, 2.05) is 0 Å². The quantitative estimate of drug-likeness (QED) is 0.260. The van der Waals surface area contributed by atoms with Crippen molar-refractivity contribution in [3.05, 3.63) is 0 Å². The summed E-state index contributed by atoms with van der Waals surface area (Å²) in [6, 6.07) is 0. The highest BCUT2D eigenvalue weighted by atomic mass is 16.2. The molecule has 0 aliphatic rings. The monoisotopic (exact) mass is 327 g/mol. The van der Waals surface area contributed by atoms with E-state index < -0.39 is 0 Å². The van der Waals surface area contributed by atoms with Crippen LogP contribution in [0.1, 0.15) is 116 Å². The zero-order valence-corrected chi connectivity index (χ0v) is 16.1. The fraction of sp³-hybridized carbons (Fsp3) is 1.00. The minimum Gasteiger partial charge on any atom is -0.396 e. The van der Waals surface area contributed by atoms with E-state index in [1.54, 1.807) is 0 Å². The summed E-state index contributed by atoms with van der Waals surface area (Å²) >= 11 is 0. The lowest BCUT2D eigenvalue weighted by molar-refractivity contribution is 0.282. The van der Waals surface area contributed by atoms with Crippen molar-refractivity contribution < 1.29 is 5.11 Å². The van der Waals surface area contributed by atoms with Crippen LogP contribution in [0.3, 0.4) is 0 Å². The molecule has 0 heterocycles. The van der Waals surface area contributed by atoms with Gasteiger partial charge in [0.2, 0.25) is 0 Å². The van der Waals surface area contributed by atoms with Gasteiger partial charge in [0.05, 0.1) is 0 Å². The second-order valence-corrected chi connectivity index (χ2v) is 7.13. The molecule has 0 unspecified atom stereocenters. The summed E-state index contributed by atoms with van der Waals surface area (Å²) in [5.74, 6) is 0. The fourth-order valence-electron chi connectivity index (χ4n) is 3.11. The van der Waals surface area contributed by atoms with Crippen molar-refractivity contribution in [1.82, 2.24) is 5.32 Å². The second kappa shape index (κ2) is 21.9. The van der Waals surface area contributed by atoms with E-state index in [2.05, 4.69) is 12.2 Å². The van der Waals surface area contributed by atoms with Crippen molar-refractivity contribution in [3.8, 4) is 0 Å². The molecule has 0 radical (unpaired) electrons. The Morgan fingerprint density at radius 3 is 1.22 bits per heavy atom. The molecule has 2 N–H and O–H groups in total.